The lowest BCUT2D eigenvalue weighted by Gasteiger charge is -2.06. The Morgan fingerprint density at radius 1 is 1.19 bits per heavy atom. The molecule has 0 radical (unpaired) electrons. The van der Waals surface area contributed by atoms with Gasteiger partial charge >= 0.3 is 0 Å². The number of anilines is 1. The smallest absolute Gasteiger partial charge is 0.168 e. The highest BCUT2D eigenvalue weighted by atomic mass is 16.5. The molecular weight excluding hydrogens is 266 g/mol. The predicted octanol–water partition coefficient (Wildman–Crippen LogP) is 2.18. The Morgan fingerprint density at radius 2 is 2.00 bits per heavy atom. The molecule has 108 valence electrons. The molecule has 0 aliphatic rings. The van der Waals surface area contributed by atoms with Crippen LogP contribution >= 0.6 is 0 Å². The summed E-state index contributed by atoms with van der Waals surface area (Å²) in [7, 11) is 1.67. The van der Waals surface area contributed by atoms with E-state index in [-0.39, 0.29) is 0 Å². The fourth-order valence-electron chi connectivity index (χ4n) is 2.13. The summed E-state index contributed by atoms with van der Waals surface area (Å²) < 4.78 is 6.85. The van der Waals surface area contributed by atoms with Crippen LogP contribution in [-0.4, -0.2) is 40.0 Å². The highest BCUT2D eigenvalue weighted by Gasteiger charge is 2.10. The summed E-state index contributed by atoms with van der Waals surface area (Å²) >= 11 is 0. The van der Waals surface area contributed by atoms with Crippen molar-refractivity contribution < 1.29 is 4.74 Å². The Bertz CT molecular complexity index is 735. The Labute approximate surface area is 122 Å². The Balaban J connectivity index is 1.98. The first-order chi connectivity index (χ1) is 10.3. The molecule has 6 nitrogen and oxygen atoms in total. The number of methoxy groups -OCH3 is 1. The van der Waals surface area contributed by atoms with Crippen molar-refractivity contribution >= 4 is 16.9 Å². The van der Waals surface area contributed by atoms with Crippen LogP contribution in [0, 0.1) is 6.92 Å². The number of rotatable bonds is 5. The topological polar surface area (TPSA) is 64.9 Å². The molecule has 21 heavy (non-hydrogen) atoms. The molecule has 0 unspecified atom stereocenters. The molecule has 1 N–H and O–H groups in total. The molecule has 1 aromatic carbocycles. The van der Waals surface area contributed by atoms with Crippen molar-refractivity contribution in [1.29, 1.82) is 0 Å². The van der Waals surface area contributed by atoms with Gasteiger partial charge in [-0.2, -0.15) is 5.10 Å². The minimum absolute atomic E-state index is 0.623. The number of aryl methyl sites for hydroxylation is 1. The van der Waals surface area contributed by atoms with E-state index in [2.05, 4.69) is 39.4 Å². The van der Waals surface area contributed by atoms with E-state index in [9.17, 15) is 0 Å². The van der Waals surface area contributed by atoms with Gasteiger partial charge in [-0.3, -0.25) is 0 Å². The number of hydrogen-bond donors (Lipinski definition) is 1. The largest absolute Gasteiger partial charge is 0.383 e. The molecule has 0 fully saturated rings. The van der Waals surface area contributed by atoms with Gasteiger partial charge in [-0.25, -0.2) is 14.6 Å². The van der Waals surface area contributed by atoms with Crippen molar-refractivity contribution in [2.75, 3.05) is 25.6 Å². The number of aromatic nitrogens is 4. The van der Waals surface area contributed by atoms with Crippen LogP contribution in [-0.2, 0) is 4.74 Å². The van der Waals surface area contributed by atoms with Gasteiger partial charge in [-0.05, 0) is 19.1 Å². The van der Waals surface area contributed by atoms with Crippen molar-refractivity contribution in [2.24, 2.45) is 0 Å². The van der Waals surface area contributed by atoms with Crippen LogP contribution in [0.1, 0.15) is 5.56 Å². The van der Waals surface area contributed by atoms with Gasteiger partial charge in [-0.1, -0.05) is 17.7 Å². The Hall–Kier alpha value is -2.47. The molecule has 3 aromatic rings. The van der Waals surface area contributed by atoms with Crippen molar-refractivity contribution in [3.05, 3.63) is 42.4 Å². The molecule has 0 aliphatic heterocycles. The van der Waals surface area contributed by atoms with Gasteiger partial charge in [-0.15, -0.1) is 0 Å². The van der Waals surface area contributed by atoms with Gasteiger partial charge in [0.15, 0.2) is 5.65 Å². The van der Waals surface area contributed by atoms with Gasteiger partial charge in [0.1, 0.15) is 12.1 Å². The van der Waals surface area contributed by atoms with E-state index in [1.807, 2.05) is 16.8 Å². The molecule has 2 aromatic heterocycles. The van der Waals surface area contributed by atoms with Crippen molar-refractivity contribution in [3.63, 3.8) is 0 Å². The molecular formula is C15H17N5O. The summed E-state index contributed by atoms with van der Waals surface area (Å²) in [5.41, 5.74) is 2.98. The molecule has 0 bridgehead atoms. The first-order valence-electron chi connectivity index (χ1n) is 6.78. The first kappa shape index (κ1) is 13.5. The molecule has 0 aliphatic carbocycles. The standard InChI is InChI=1S/C15H17N5O/c1-11-3-5-12(6-4-11)20-15-13(9-19-20)14(17-10-18-15)16-7-8-21-2/h3-6,9-10H,7-8H2,1-2H3,(H,16,17,18). The van der Waals surface area contributed by atoms with Crippen LogP contribution in [0.15, 0.2) is 36.8 Å². The lowest BCUT2D eigenvalue weighted by molar-refractivity contribution is 0.210. The number of nitrogens with one attached hydrogen (secondary N) is 1. The highest BCUT2D eigenvalue weighted by Crippen LogP contribution is 2.21. The number of nitrogens with zero attached hydrogens (tertiary/aromatic N) is 4. The molecule has 6 heteroatoms. The maximum absolute atomic E-state index is 5.03. The Morgan fingerprint density at radius 3 is 2.76 bits per heavy atom. The Kier molecular flexibility index (Phi) is 3.79. The summed E-state index contributed by atoms with van der Waals surface area (Å²) in [4.78, 5) is 8.62. The predicted molar refractivity (Wildman–Crippen MR) is 81.8 cm³/mol. The van der Waals surface area contributed by atoms with E-state index in [1.54, 1.807) is 19.6 Å². The van der Waals surface area contributed by atoms with Gasteiger partial charge < -0.3 is 10.1 Å². The van der Waals surface area contributed by atoms with Crippen LogP contribution in [0.3, 0.4) is 0 Å². The van der Waals surface area contributed by atoms with E-state index in [1.165, 1.54) is 5.56 Å². The van der Waals surface area contributed by atoms with Gasteiger partial charge in [0.05, 0.1) is 23.9 Å². The number of hydrogen-bond acceptors (Lipinski definition) is 5. The average Bonchev–Trinajstić information content (AvgIpc) is 2.93. The van der Waals surface area contributed by atoms with E-state index >= 15 is 0 Å². The van der Waals surface area contributed by atoms with E-state index in [0.717, 1.165) is 22.5 Å². The lowest BCUT2D eigenvalue weighted by Crippen LogP contribution is -2.09. The normalized spacial score (nSPS) is 11.0. The quantitative estimate of drug-likeness (QED) is 0.727. The fourth-order valence-corrected chi connectivity index (χ4v) is 2.13. The molecule has 0 saturated carbocycles. The number of benzene rings is 1. The average molecular weight is 283 g/mol. The molecule has 0 atom stereocenters. The minimum atomic E-state index is 0.623. The molecule has 0 amide bonds. The third kappa shape index (κ3) is 2.71. The molecule has 2 heterocycles. The number of fused-ring (bicyclic) bond motifs is 1. The van der Waals surface area contributed by atoms with Gasteiger partial charge in [0.25, 0.3) is 0 Å². The lowest BCUT2D eigenvalue weighted by atomic mass is 10.2. The summed E-state index contributed by atoms with van der Waals surface area (Å²) in [5, 5.41) is 8.56. The monoisotopic (exact) mass is 283 g/mol. The molecule has 3 rings (SSSR count). The van der Waals surface area contributed by atoms with E-state index in [4.69, 9.17) is 4.74 Å². The van der Waals surface area contributed by atoms with Crippen LogP contribution in [0.4, 0.5) is 5.82 Å². The molecule has 0 spiro atoms. The fraction of sp³-hybridized carbons (Fsp3) is 0.267. The van der Waals surface area contributed by atoms with Gasteiger partial charge in [0, 0.05) is 13.7 Å². The first-order valence-corrected chi connectivity index (χ1v) is 6.78. The second-order valence-electron chi connectivity index (χ2n) is 4.77. The van der Waals surface area contributed by atoms with E-state index in [0.29, 0.717) is 13.2 Å². The molecule has 0 saturated heterocycles. The second-order valence-corrected chi connectivity index (χ2v) is 4.77. The third-order valence-corrected chi connectivity index (χ3v) is 3.24. The van der Waals surface area contributed by atoms with Crippen LogP contribution < -0.4 is 5.32 Å². The zero-order chi connectivity index (χ0) is 14.7. The summed E-state index contributed by atoms with van der Waals surface area (Å²) in [6, 6.07) is 8.17. The zero-order valence-corrected chi connectivity index (χ0v) is 12.1. The highest BCUT2D eigenvalue weighted by molar-refractivity contribution is 5.87. The van der Waals surface area contributed by atoms with E-state index < -0.39 is 0 Å². The minimum Gasteiger partial charge on any atom is -0.383 e. The summed E-state index contributed by atoms with van der Waals surface area (Å²) in [6.45, 7) is 3.38. The summed E-state index contributed by atoms with van der Waals surface area (Å²) in [5.74, 6) is 0.774. The van der Waals surface area contributed by atoms with Crippen molar-refractivity contribution in [1.82, 2.24) is 19.7 Å². The van der Waals surface area contributed by atoms with Crippen molar-refractivity contribution in [2.45, 2.75) is 6.92 Å². The van der Waals surface area contributed by atoms with Crippen molar-refractivity contribution in [3.8, 4) is 5.69 Å². The van der Waals surface area contributed by atoms with Gasteiger partial charge in [0.2, 0.25) is 0 Å². The maximum Gasteiger partial charge on any atom is 0.168 e. The van der Waals surface area contributed by atoms with Crippen LogP contribution in [0.25, 0.3) is 16.7 Å². The van der Waals surface area contributed by atoms with Crippen LogP contribution in [0.2, 0.25) is 0 Å². The summed E-state index contributed by atoms with van der Waals surface area (Å²) in [6.07, 6.45) is 3.33. The van der Waals surface area contributed by atoms with Crippen LogP contribution in [0.5, 0.6) is 0 Å². The third-order valence-electron chi connectivity index (χ3n) is 3.24. The second kappa shape index (κ2) is 5.88. The SMILES string of the molecule is COCCNc1ncnc2c1cnn2-c1ccc(C)cc1. The maximum atomic E-state index is 5.03. The number of ether oxygens (including phenoxy) is 1. The zero-order valence-electron chi connectivity index (χ0n) is 12.1.